The number of imidazole rings is 1. The van der Waals surface area contributed by atoms with Gasteiger partial charge in [-0.3, -0.25) is 0 Å². The van der Waals surface area contributed by atoms with E-state index in [4.69, 9.17) is 4.74 Å². The Labute approximate surface area is 107 Å². The van der Waals surface area contributed by atoms with Crippen molar-refractivity contribution in [2.24, 2.45) is 0 Å². The summed E-state index contributed by atoms with van der Waals surface area (Å²) in [6.45, 7) is 0.575. The van der Waals surface area contributed by atoms with Crippen molar-refractivity contribution in [2.45, 2.75) is 6.54 Å². The van der Waals surface area contributed by atoms with Crippen molar-refractivity contribution >= 4 is 21.9 Å². The zero-order chi connectivity index (χ0) is 12.3. The highest BCUT2D eigenvalue weighted by Crippen LogP contribution is 2.17. The minimum atomic E-state index is -0.380. The third-order valence-electron chi connectivity index (χ3n) is 2.41. The normalized spacial score (nSPS) is 10.2. The Hall–Kier alpha value is -1.62. The molecule has 0 saturated heterocycles. The number of esters is 1. The number of hydrogen-bond acceptors (Lipinski definition) is 3. The molecule has 0 bridgehead atoms. The van der Waals surface area contributed by atoms with Crippen molar-refractivity contribution in [1.82, 2.24) is 9.55 Å². The molecular weight excluding hydrogens is 284 g/mol. The first-order valence-corrected chi connectivity index (χ1v) is 5.83. The van der Waals surface area contributed by atoms with Gasteiger partial charge >= 0.3 is 5.97 Å². The SMILES string of the molecule is COC(=O)c1cncn1Cc1ccccc1Br. The van der Waals surface area contributed by atoms with Crippen LogP contribution in [0.5, 0.6) is 0 Å². The summed E-state index contributed by atoms with van der Waals surface area (Å²) < 4.78 is 7.45. The van der Waals surface area contributed by atoms with Crippen LogP contribution in [0, 0.1) is 0 Å². The lowest BCUT2D eigenvalue weighted by atomic mass is 10.2. The first-order chi connectivity index (χ1) is 8.22. The Kier molecular flexibility index (Phi) is 3.58. The van der Waals surface area contributed by atoms with Crippen LogP contribution in [0.1, 0.15) is 16.1 Å². The fraction of sp³-hybridized carbons (Fsp3) is 0.167. The summed E-state index contributed by atoms with van der Waals surface area (Å²) in [4.78, 5) is 15.4. The lowest BCUT2D eigenvalue weighted by molar-refractivity contribution is 0.0589. The molecule has 4 nitrogen and oxygen atoms in total. The second-order valence-electron chi connectivity index (χ2n) is 3.49. The minimum absolute atomic E-state index is 0.380. The van der Waals surface area contributed by atoms with Crippen LogP contribution in [0.4, 0.5) is 0 Å². The van der Waals surface area contributed by atoms with Gasteiger partial charge < -0.3 is 9.30 Å². The molecule has 0 N–H and O–H groups in total. The molecule has 88 valence electrons. The van der Waals surface area contributed by atoms with E-state index in [0.717, 1.165) is 10.0 Å². The third kappa shape index (κ3) is 2.55. The molecule has 0 unspecified atom stereocenters. The highest BCUT2D eigenvalue weighted by atomic mass is 79.9. The molecule has 0 radical (unpaired) electrons. The van der Waals surface area contributed by atoms with Gasteiger partial charge in [0.1, 0.15) is 5.69 Å². The van der Waals surface area contributed by atoms with Gasteiger partial charge in [0, 0.05) is 4.47 Å². The van der Waals surface area contributed by atoms with Gasteiger partial charge in [-0.1, -0.05) is 34.1 Å². The standard InChI is InChI=1S/C12H11BrN2O2/c1-17-12(16)11-6-14-8-15(11)7-9-4-2-3-5-10(9)13/h2-6,8H,7H2,1H3. The number of carbonyl (C=O) groups is 1. The van der Waals surface area contributed by atoms with Crippen LogP contribution in [0.25, 0.3) is 0 Å². The fourth-order valence-electron chi connectivity index (χ4n) is 1.53. The number of nitrogens with zero attached hydrogens (tertiary/aromatic N) is 2. The molecule has 17 heavy (non-hydrogen) atoms. The van der Waals surface area contributed by atoms with E-state index >= 15 is 0 Å². The Balaban J connectivity index is 2.28. The Morgan fingerprint density at radius 2 is 2.24 bits per heavy atom. The van der Waals surface area contributed by atoms with Gasteiger partial charge in [0.25, 0.3) is 0 Å². The lowest BCUT2D eigenvalue weighted by Gasteiger charge is -2.08. The van der Waals surface area contributed by atoms with E-state index in [2.05, 4.69) is 20.9 Å². The van der Waals surface area contributed by atoms with Gasteiger partial charge in [-0.15, -0.1) is 0 Å². The number of halogens is 1. The summed E-state index contributed by atoms with van der Waals surface area (Å²) >= 11 is 3.47. The average Bonchev–Trinajstić information content (AvgIpc) is 2.79. The monoisotopic (exact) mass is 294 g/mol. The number of methoxy groups -OCH3 is 1. The quantitative estimate of drug-likeness (QED) is 0.817. The maximum atomic E-state index is 11.5. The van der Waals surface area contributed by atoms with Crippen LogP contribution in [0.2, 0.25) is 0 Å². The van der Waals surface area contributed by atoms with Gasteiger partial charge in [-0.25, -0.2) is 9.78 Å². The fourth-order valence-corrected chi connectivity index (χ4v) is 1.94. The number of carbonyl (C=O) groups excluding carboxylic acids is 1. The minimum Gasteiger partial charge on any atom is -0.464 e. The second kappa shape index (κ2) is 5.14. The van der Waals surface area contributed by atoms with Crippen molar-refractivity contribution in [3.63, 3.8) is 0 Å². The van der Waals surface area contributed by atoms with Crippen molar-refractivity contribution in [3.05, 3.63) is 52.5 Å². The van der Waals surface area contributed by atoms with Gasteiger partial charge in [0.05, 0.1) is 26.2 Å². The summed E-state index contributed by atoms with van der Waals surface area (Å²) in [5.41, 5.74) is 1.53. The second-order valence-corrected chi connectivity index (χ2v) is 4.34. The topological polar surface area (TPSA) is 44.1 Å². The largest absolute Gasteiger partial charge is 0.464 e. The third-order valence-corrected chi connectivity index (χ3v) is 3.18. The van der Waals surface area contributed by atoms with Crippen LogP contribution >= 0.6 is 15.9 Å². The zero-order valence-electron chi connectivity index (χ0n) is 9.26. The number of benzene rings is 1. The summed E-state index contributed by atoms with van der Waals surface area (Å²) in [6, 6.07) is 7.85. The first kappa shape index (κ1) is 11.9. The number of aromatic nitrogens is 2. The zero-order valence-corrected chi connectivity index (χ0v) is 10.8. The summed E-state index contributed by atoms with van der Waals surface area (Å²) in [5.74, 6) is -0.380. The number of hydrogen-bond donors (Lipinski definition) is 0. The van der Waals surface area contributed by atoms with E-state index < -0.39 is 0 Å². The molecule has 0 saturated carbocycles. The maximum Gasteiger partial charge on any atom is 0.356 e. The molecule has 1 aromatic heterocycles. The summed E-state index contributed by atoms with van der Waals surface area (Å²) in [7, 11) is 1.36. The summed E-state index contributed by atoms with van der Waals surface area (Å²) in [6.07, 6.45) is 3.12. The van der Waals surface area contributed by atoms with Gasteiger partial charge in [0.15, 0.2) is 0 Å². The van der Waals surface area contributed by atoms with Crippen LogP contribution in [0.15, 0.2) is 41.3 Å². The van der Waals surface area contributed by atoms with Gasteiger partial charge in [0.2, 0.25) is 0 Å². The lowest BCUT2D eigenvalue weighted by Crippen LogP contribution is -2.10. The van der Waals surface area contributed by atoms with Crippen LogP contribution in [0.3, 0.4) is 0 Å². The number of ether oxygens (including phenoxy) is 1. The summed E-state index contributed by atoms with van der Waals surface area (Å²) in [5, 5.41) is 0. The van der Waals surface area contributed by atoms with E-state index in [0.29, 0.717) is 12.2 Å². The van der Waals surface area contributed by atoms with E-state index in [-0.39, 0.29) is 5.97 Å². The highest BCUT2D eigenvalue weighted by molar-refractivity contribution is 9.10. The molecule has 2 aromatic rings. The van der Waals surface area contributed by atoms with Gasteiger partial charge in [-0.2, -0.15) is 0 Å². The maximum absolute atomic E-state index is 11.5. The molecule has 0 aliphatic heterocycles. The Morgan fingerprint density at radius 3 is 2.94 bits per heavy atom. The molecular formula is C12H11BrN2O2. The first-order valence-electron chi connectivity index (χ1n) is 5.04. The molecule has 0 aliphatic rings. The molecule has 2 rings (SSSR count). The smallest absolute Gasteiger partial charge is 0.356 e. The highest BCUT2D eigenvalue weighted by Gasteiger charge is 2.12. The molecule has 5 heteroatoms. The van der Waals surface area contributed by atoms with Gasteiger partial charge in [-0.05, 0) is 11.6 Å². The average molecular weight is 295 g/mol. The Morgan fingerprint density at radius 1 is 1.47 bits per heavy atom. The van der Waals surface area contributed by atoms with Crippen LogP contribution in [-0.2, 0) is 11.3 Å². The van der Waals surface area contributed by atoms with Crippen LogP contribution in [-0.4, -0.2) is 22.6 Å². The van der Waals surface area contributed by atoms with Crippen LogP contribution < -0.4 is 0 Å². The molecule has 0 spiro atoms. The van der Waals surface area contributed by atoms with Crippen molar-refractivity contribution in [3.8, 4) is 0 Å². The van der Waals surface area contributed by atoms with E-state index in [9.17, 15) is 4.79 Å². The molecule has 0 aliphatic carbocycles. The predicted octanol–water partition coefficient (Wildman–Crippen LogP) is 2.48. The number of rotatable bonds is 3. The predicted molar refractivity (Wildman–Crippen MR) is 66.8 cm³/mol. The molecule has 0 fully saturated rings. The van der Waals surface area contributed by atoms with E-state index in [1.807, 2.05) is 24.3 Å². The molecule has 1 aromatic carbocycles. The molecule has 0 atom stereocenters. The van der Waals surface area contributed by atoms with Crippen molar-refractivity contribution in [2.75, 3.05) is 7.11 Å². The molecule has 1 heterocycles. The van der Waals surface area contributed by atoms with Crippen molar-refractivity contribution < 1.29 is 9.53 Å². The Bertz CT molecular complexity index is 537. The molecule has 0 amide bonds. The van der Waals surface area contributed by atoms with Crippen molar-refractivity contribution in [1.29, 1.82) is 0 Å². The van der Waals surface area contributed by atoms with E-state index in [1.165, 1.54) is 13.3 Å². The van der Waals surface area contributed by atoms with E-state index in [1.54, 1.807) is 10.9 Å².